The zero-order valence-corrected chi connectivity index (χ0v) is 13.5. The molecule has 3 nitrogen and oxygen atoms in total. The molecule has 1 aliphatic rings. The maximum atomic E-state index is 14.0. The molecule has 0 N–H and O–H groups in total. The summed E-state index contributed by atoms with van der Waals surface area (Å²) in [4.78, 5) is 18.3. The highest BCUT2D eigenvalue weighted by atomic mass is 35.5. The summed E-state index contributed by atoms with van der Waals surface area (Å²) in [6, 6.07) is 8.65. The molecule has 1 aliphatic carbocycles. The van der Waals surface area contributed by atoms with Crippen LogP contribution in [0, 0.1) is 5.82 Å². The number of hydrogen-bond donors (Lipinski definition) is 0. The van der Waals surface area contributed by atoms with Gasteiger partial charge in [0.2, 0.25) is 5.91 Å². The second-order valence-electron chi connectivity index (χ2n) is 5.81. The Bertz CT molecular complexity index is 668. The second-order valence-corrected chi connectivity index (χ2v) is 6.22. The number of carbonyl (C=O) groups is 1. The summed E-state index contributed by atoms with van der Waals surface area (Å²) in [6.45, 7) is 0.241. The second kappa shape index (κ2) is 7.09. The van der Waals surface area contributed by atoms with Crippen LogP contribution >= 0.6 is 11.6 Å². The third kappa shape index (κ3) is 4.08. The molecule has 2 aromatic rings. The molecular weight excluding hydrogens is 315 g/mol. The van der Waals surface area contributed by atoms with Crippen molar-refractivity contribution in [3.05, 3.63) is 64.7 Å². The van der Waals surface area contributed by atoms with Crippen LogP contribution in [0.1, 0.15) is 30.4 Å². The van der Waals surface area contributed by atoms with Crippen LogP contribution in [0.2, 0.25) is 5.02 Å². The van der Waals surface area contributed by atoms with Crippen molar-refractivity contribution in [2.45, 2.75) is 38.3 Å². The van der Waals surface area contributed by atoms with E-state index in [1.54, 1.807) is 29.4 Å². The molecule has 1 heterocycles. The Morgan fingerprint density at radius 3 is 2.65 bits per heavy atom. The lowest BCUT2D eigenvalue weighted by Crippen LogP contribution is -2.33. The molecule has 0 unspecified atom stereocenters. The fraction of sp³-hybridized carbons (Fsp3) is 0.333. The molecule has 0 spiro atoms. The number of amides is 1. The fourth-order valence-electron chi connectivity index (χ4n) is 2.61. The Hall–Kier alpha value is -1.94. The molecule has 23 heavy (non-hydrogen) atoms. The first-order valence-corrected chi connectivity index (χ1v) is 8.14. The van der Waals surface area contributed by atoms with Gasteiger partial charge in [-0.25, -0.2) is 4.39 Å². The Labute approximate surface area is 140 Å². The van der Waals surface area contributed by atoms with Gasteiger partial charge in [0.15, 0.2) is 0 Å². The molecule has 0 saturated heterocycles. The lowest BCUT2D eigenvalue weighted by Gasteiger charge is -2.23. The zero-order valence-electron chi connectivity index (χ0n) is 12.7. The summed E-state index contributed by atoms with van der Waals surface area (Å²) in [5.74, 6) is -0.311. The van der Waals surface area contributed by atoms with Crippen molar-refractivity contribution in [3.63, 3.8) is 0 Å². The molecule has 1 amide bonds. The predicted molar refractivity (Wildman–Crippen MR) is 87.5 cm³/mol. The van der Waals surface area contributed by atoms with E-state index in [1.807, 2.05) is 12.1 Å². The Morgan fingerprint density at radius 2 is 2.00 bits per heavy atom. The minimum absolute atomic E-state index is 0.0450. The van der Waals surface area contributed by atoms with Gasteiger partial charge in [0.05, 0.1) is 6.54 Å². The van der Waals surface area contributed by atoms with E-state index >= 15 is 0 Å². The van der Waals surface area contributed by atoms with E-state index in [4.69, 9.17) is 11.6 Å². The molecule has 0 bridgehead atoms. The summed E-state index contributed by atoms with van der Waals surface area (Å²) in [7, 11) is 0. The van der Waals surface area contributed by atoms with Crippen LogP contribution < -0.4 is 0 Å². The first-order valence-electron chi connectivity index (χ1n) is 7.76. The number of benzene rings is 1. The van der Waals surface area contributed by atoms with E-state index < -0.39 is 0 Å². The highest BCUT2D eigenvalue weighted by molar-refractivity contribution is 6.31. The maximum Gasteiger partial charge on any atom is 0.223 e. The van der Waals surface area contributed by atoms with E-state index in [-0.39, 0.29) is 24.3 Å². The van der Waals surface area contributed by atoms with Crippen LogP contribution in [0.4, 0.5) is 4.39 Å². The first kappa shape index (κ1) is 15.9. The molecule has 3 rings (SSSR count). The average Bonchev–Trinajstić information content (AvgIpc) is 3.38. The number of aromatic nitrogens is 1. The summed E-state index contributed by atoms with van der Waals surface area (Å²) in [5.41, 5.74) is 1.48. The van der Waals surface area contributed by atoms with Crippen LogP contribution in [0.25, 0.3) is 0 Å². The summed E-state index contributed by atoms with van der Waals surface area (Å²) < 4.78 is 14.0. The lowest BCUT2D eigenvalue weighted by molar-refractivity contribution is -0.132. The lowest BCUT2D eigenvalue weighted by atomic mass is 10.1. The molecule has 0 atom stereocenters. The van der Waals surface area contributed by atoms with Crippen molar-refractivity contribution in [1.29, 1.82) is 0 Å². The molecule has 5 heteroatoms. The monoisotopic (exact) mass is 332 g/mol. The van der Waals surface area contributed by atoms with Gasteiger partial charge < -0.3 is 4.90 Å². The molecule has 1 aromatic heterocycles. The van der Waals surface area contributed by atoms with Crippen LogP contribution in [0.3, 0.4) is 0 Å². The van der Waals surface area contributed by atoms with Crippen LogP contribution in [0.5, 0.6) is 0 Å². The summed E-state index contributed by atoms with van der Waals surface area (Å²) in [5, 5.41) is 0.373. The van der Waals surface area contributed by atoms with Crippen molar-refractivity contribution in [2.75, 3.05) is 0 Å². The van der Waals surface area contributed by atoms with Gasteiger partial charge in [-0.3, -0.25) is 9.78 Å². The molecule has 1 saturated carbocycles. The smallest absolute Gasteiger partial charge is 0.223 e. The van der Waals surface area contributed by atoms with Crippen molar-refractivity contribution in [2.24, 2.45) is 0 Å². The minimum Gasteiger partial charge on any atom is -0.335 e. The third-order valence-corrected chi connectivity index (χ3v) is 4.43. The third-order valence-electron chi connectivity index (χ3n) is 4.08. The zero-order chi connectivity index (χ0) is 16.2. The van der Waals surface area contributed by atoms with Gasteiger partial charge in [0.1, 0.15) is 5.82 Å². The van der Waals surface area contributed by atoms with E-state index in [0.29, 0.717) is 23.4 Å². The normalized spacial score (nSPS) is 13.8. The summed E-state index contributed by atoms with van der Waals surface area (Å²) >= 11 is 6.09. The van der Waals surface area contributed by atoms with E-state index in [1.165, 1.54) is 6.07 Å². The Kier molecular flexibility index (Phi) is 4.91. The number of carbonyl (C=O) groups excluding carboxylic acids is 1. The van der Waals surface area contributed by atoms with Gasteiger partial charge in [-0.1, -0.05) is 17.7 Å². The van der Waals surface area contributed by atoms with E-state index in [9.17, 15) is 9.18 Å². The van der Waals surface area contributed by atoms with E-state index in [2.05, 4.69) is 4.98 Å². The van der Waals surface area contributed by atoms with Crippen LogP contribution in [-0.2, 0) is 17.8 Å². The molecule has 1 aromatic carbocycles. The highest BCUT2D eigenvalue weighted by Gasteiger charge is 2.33. The van der Waals surface area contributed by atoms with Crippen molar-refractivity contribution < 1.29 is 9.18 Å². The minimum atomic E-state index is -0.356. The van der Waals surface area contributed by atoms with Crippen molar-refractivity contribution >= 4 is 17.5 Å². The highest BCUT2D eigenvalue weighted by Crippen LogP contribution is 2.31. The van der Waals surface area contributed by atoms with Crippen molar-refractivity contribution in [1.82, 2.24) is 9.88 Å². The van der Waals surface area contributed by atoms with E-state index in [0.717, 1.165) is 18.4 Å². The molecule has 0 aliphatic heterocycles. The molecule has 120 valence electrons. The number of nitrogens with zero attached hydrogens (tertiary/aromatic N) is 2. The molecule has 0 radical (unpaired) electrons. The Balaban J connectivity index is 1.68. The number of hydrogen-bond acceptors (Lipinski definition) is 2. The number of aryl methyl sites for hydroxylation is 1. The van der Waals surface area contributed by atoms with Crippen molar-refractivity contribution in [3.8, 4) is 0 Å². The Morgan fingerprint density at radius 1 is 1.26 bits per heavy atom. The van der Waals surface area contributed by atoms with Gasteiger partial charge in [-0.2, -0.15) is 0 Å². The van der Waals surface area contributed by atoms with Gasteiger partial charge >= 0.3 is 0 Å². The standard InChI is InChI=1S/C18H18ClFN2O/c19-16-2-1-3-17(20)15(16)12-22(14-5-6-14)18(23)7-4-13-8-10-21-11-9-13/h1-3,8-11,14H,4-7,12H2. The van der Waals surface area contributed by atoms with Crippen LogP contribution in [-0.4, -0.2) is 21.8 Å². The molecular formula is C18H18ClFN2O. The van der Waals surface area contributed by atoms with Gasteiger partial charge in [-0.15, -0.1) is 0 Å². The van der Waals surface area contributed by atoms with Gasteiger partial charge in [0, 0.05) is 35.4 Å². The quantitative estimate of drug-likeness (QED) is 0.801. The fourth-order valence-corrected chi connectivity index (χ4v) is 2.83. The average molecular weight is 333 g/mol. The number of rotatable bonds is 6. The SMILES string of the molecule is O=C(CCc1ccncc1)N(Cc1c(F)cccc1Cl)C1CC1. The van der Waals surface area contributed by atoms with Gasteiger partial charge in [-0.05, 0) is 49.1 Å². The van der Waals surface area contributed by atoms with Gasteiger partial charge in [0.25, 0.3) is 0 Å². The molecule has 1 fully saturated rings. The maximum absolute atomic E-state index is 14.0. The number of halogens is 2. The largest absolute Gasteiger partial charge is 0.335 e. The number of pyridine rings is 1. The van der Waals surface area contributed by atoms with Crippen LogP contribution in [0.15, 0.2) is 42.7 Å². The first-order chi connectivity index (χ1) is 11.1. The summed E-state index contributed by atoms with van der Waals surface area (Å²) in [6.07, 6.45) is 6.47. The topological polar surface area (TPSA) is 33.2 Å². The predicted octanol–water partition coefficient (Wildman–Crippen LogP) is 4.00.